The molecule has 0 radical (unpaired) electrons. The third-order valence-corrected chi connectivity index (χ3v) is 3.96. The predicted molar refractivity (Wildman–Crippen MR) is 76.7 cm³/mol. The third kappa shape index (κ3) is 3.56. The first-order valence-electron chi connectivity index (χ1n) is 6.49. The van der Waals surface area contributed by atoms with E-state index in [9.17, 15) is 4.79 Å². The number of rotatable bonds is 6. The number of benzene rings is 1. The Labute approximate surface area is 117 Å². The number of carbonyl (C=O) groups excluding carboxylic acids is 1. The molecule has 4 heteroatoms. The van der Waals surface area contributed by atoms with Gasteiger partial charge in [-0.25, -0.2) is 0 Å². The van der Waals surface area contributed by atoms with Crippen molar-refractivity contribution in [3.8, 4) is 0 Å². The van der Waals surface area contributed by atoms with Crippen molar-refractivity contribution in [3.63, 3.8) is 0 Å². The second kappa shape index (κ2) is 6.34. The first-order chi connectivity index (χ1) is 8.72. The molecule has 0 unspecified atom stereocenters. The molecule has 98 valence electrons. The van der Waals surface area contributed by atoms with E-state index in [0.717, 1.165) is 23.6 Å². The lowest BCUT2D eigenvalue weighted by Crippen LogP contribution is -2.36. The zero-order chi connectivity index (χ0) is 13.0. The van der Waals surface area contributed by atoms with Gasteiger partial charge in [-0.2, -0.15) is 0 Å². The predicted octanol–water partition coefficient (Wildman–Crippen LogP) is 2.66. The van der Waals surface area contributed by atoms with Crippen molar-refractivity contribution in [3.05, 3.63) is 34.3 Å². The molecule has 2 rings (SSSR count). The van der Waals surface area contributed by atoms with E-state index in [1.165, 1.54) is 12.8 Å². The smallest absolute Gasteiger partial charge is 0.252 e. The van der Waals surface area contributed by atoms with E-state index in [2.05, 4.69) is 33.1 Å². The topological polar surface area (TPSA) is 32.3 Å². The largest absolute Gasteiger partial charge is 0.351 e. The molecule has 1 saturated carbocycles. The minimum absolute atomic E-state index is 0.00525. The summed E-state index contributed by atoms with van der Waals surface area (Å²) in [5, 5.41) is 2.98. The lowest BCUT2D eigenvalue weighted by atomic mass is 10.2. The van der Waals surface area contributed by atoms with Crippen molar-refractivity contribution in [2.24, 2.45) is 0 Å². The molecule has 0 aliphatic heterocycles. The number of halogens is 1. The molecule has 1 aliphatic carbocycles. The van der Waals surface area contributed by atoms with E-state index in [1.54, 1.807) is 0 Å². The van der Waals surface area contributed by atoms with Gasteiger partial charge in [-0.1, -0.05) is 19.1 Å². The Morgan fingerprint density at radius 1 is 1.44 bits per heavy atom. The second-order valence-electron chi connectivity index (χ2n) is 4.60. The Morgan fingerprint density at radius 3 is 2.78 bits per heavy atom. The summed E-state index contributed by atoms with van der Waals surface area (Å²) in [4.78, 5) is 14.4. The van der Waals surface area contributed by atoms with Gasteiger partial charge in [0, 0.05) is 23.6 Å². The van der Waals surface area contributed by atoms with Crippen LogP contribution in [0.15, 0.2) is 28.7 Å². The molecule has 0 bridgehead atoms. The molecular formula is C14H19BrN2O. The molecule has 1 aromatic carbocycles. The third-order valence-electron chi connectivity index (χ3n) is 3.27. The maximum atomic E-state index is 12.0. The lowest BCUT2D eigenvalue weighted by Gasteiger charge is -2.19. The Morgan fingerprint density at radius 2 is 2.17 bits per heavy atom. The molecule has 0 heterocycles. The second-order valence-corrected chi connectivity index (χ2v) is 5.45. The van der Waals surface area contributed by atoms with E-state index >= 15 is 0 Å². The number of nitrogens with one attached hydrogen (secondary N) is 1. The van der Waals surface area contributed by atoms with Crippen LogP contribution in [0, 0.1) is 0 Å². The Bertz CT molecular complexity index is 418. The van der Waals surface area contributed by atoms with Crippen molar-refractivity contribution < 1.29 is 4.79 Å². The van der Waals surface area contributed by atoms with Gasteiger partial charge >= 0.3 is 0 Å². The molecule has 1 aromatic rings. The van der Waals surface area contributed by atoms with Gasteiger partial charge in [-0.15, -0.1) is 0 Å². The van der Waals surface area contributed by atoms with Crippen LogP contribution in [0.4, 0.5) is 0 Å². The minimum Gasteiger partial charge on any atom is -0.351 e. The molecule has 0 saturated heterocycles. The summed E-state index contributed by atoms with van der Waals surface area (Å²) in [5.41, 5.74) is 0.701. The summed E-state index contributed by atoms with van der Waals surface area (Å²) in [7, 11) is 0. The van der Waals surface area contributed by atoms with Crippen molar-refractivity contribution in [2.45, 2.75) is 25.8 Å². The summed E-state index contributed by atoms with van der Waals surface area (Å²) >= 11 is 3.39. The van der Waals surface area contributed by atoms with Crippen molar-refractivity contribution in [1.29, 1.82) is 0 Å². The van der Waals surface area contributed by atoms with Crippen LogP contribution in [-0.4, -0.2) is 36.5 Å². The normalized spacial score (nSPS) is 14.8. The van der Waals surface area contributed by atoms with Gasteiger partial charge in [0.15, 0.2) is 0 Å². The van der Waals surface area contributed by atoms with Crippen LogP contribution in [0.3, 0.4) is 0 Å². The zero-order valence-corrected chi connectivity index (χ0v) is 12.2. The molecule has 1 aliphatic rings. The molecule has 3 nitrogen and oxygen atoms in total. The van der Waals surface area contributed by atoms with Crippen molar-refractivity contribution in [1.82, 2.24) is 10.2 Å². The average molecular weight is 311 g/mol. The van der Waals surface area contributed by atoms with Crippen LogP contribution < -0.4 is 5.32 Å². The van der Waals surface area contributed by atoms with Crippen molar-refractivity contribution >= 4 is 21.8 Å². The molecule has 1 fully saturated rings. The zero-order valence-electron chi connectivity index (χ0n) is 10.7. The highest BCUT2D eigenvalue weighted by Crippen LogP contribution is 2.25. The average Bonchev–Trinajstić information content (AvgIpc) is 3.19. The highest BCUT2D eigenvalue weighted by molar-refractivity contribution is 9.10. The maximum Gasteiger partial charge on any atom is 0.252 e. The van der Waals surface area contributed by atoms with Crippen LogP contribution >= 0.6 is 15.9 Å². The number of amides is 1. The first kappa shape index (κ1) is 13.6. The standard InChI is InChI=1S/C14H19BrN2O/c1-2-17(11-7-8-11)10-9-16-14(18)12-5-3-4-6-13(12)15/h3-6,11H,2,7-10H2,1H3,(H,16,18). The summed E-state index contributed by atoms with van der Waals surface area (Å²) in [6, 6.07) is 8.26. The van der Waals surface area contributed by atoms with Gasteiger partial charge < -0.3 is 5.32 Å². The van der Waals surface area contributed by atoms with Crippen LogP contribution in [0.5, 0.6) is 0 Å². The number of carbonyl (C=O) groups is 1. The summed E-state index contributed by atoms with van der Waals surface area (Å²) in [5.74, 6) is -0.00525. The van der Waals surface area contributed by atoms with Gasteiger partial charge in [-0.3, -0.25) is 9.69 Å². The van der Waals surface area contributed by atoms with Gasteiger partial charge in [0.1, 0.15) is 0 Å². The SMILES string of the molecule is CCN(CCNC(=O)c1ccccc1Br)C1CC1. The van der Waals surface area contributed by atoms with Crippen molar-refractivity contribution in [2.75, 3.05) is 19.6 Å². The number of hydrogen-bond donors (Lipinski definition) is 1. The molecule has 0 aromatic heterocycles. The van der Waals surface area contributed by atoms with Crippen LogP contribution in [0.25, 0.3) is 0 Å². The molecule has 1 N–H and O–H groups in total. The summed E-state index contributed by atoms with van der Waals surface area (Å²) in [6.07, 6.45) is 2.62. The quantitative estimate of drug-likeness (QED) is 0.876. The highest BCUT2D eigenvalue weighted by atomic mass is 79.9. The summed E-state index contributed by atoms with van der Waals surface area (Å²) in [6.45, 7) is 4.89. The fourth-order valence-corrected chi connectivity index (χ4v) is 2.56. The number of nitrogens with zero attached hydrogens (tertiary/aromatic N) is 1. The fraction of sp³-hybridized carbons (Fsp3) is 0.500. The Hall–Kier alpha value is -0.870. The maximum absolute atomic E-state index is 12.0. The molecule has 1 amide bonds. The van der Waals surface area contributed by atoms with E-state index in [4.69, 9.17) is 0 Å². The van der Waals surface area contributed by atoms with Gasteiger partial charge in [0.2, 0.25) is 0 Å². The molecule has 0 atom stereocenters. The molecular weight excluding hydrogens is 292 g/mol. The Kier molecular flexibility index (Phi) is 4.78. The Balaban J connectivity index is 1.79. The number of likely N-dealkylation sites (N-methyl/N-ethyl adjacent to an activating group) is 1. The minimum atomic E-state index is -0.00525. The molecule has 18 heavy (non-hydrogen) atoms. The van der Waals surface area contributed by atoms with E-state index in [-0.39, 0.29) is 5.91 Å². The lowest BCUT2D eigenvalue weighted by molar-refractivity contribution is 0.0947. The van der Waals surface area contributed by atoms with E-state index in [1.807, 2.05) is 24.3 Å². The van der Waals surface area contributed by atoms with E-state index in [0.29, 0.717) is 12.1 Å². The summed E-state index contributed by atoms with van der Waals surface area (Å²) < 4.78 is 0.844. The highest BCUT2D eigenvalue weighted by Gasteiger charge is 2.27. The van der Waals surface area contributed by atoms with Crippen LogP contribution in [0.2, 0.25) is 0 Å². The van der Waals surface area contributed by atoms with Gasteiger partial charge in [-0.05, 0) is 47.4 Å². The number of hydrogen-bond acceptors (Lipinski definition) is 2. The van der Waals surface area contributed by atoms with Gasteiger partial charge in [0.25, 0.3) is 5.91 Å². The monoisotopic (exact) mass is 310 g/mol. The fourth-order valence-electron chi connectivity index (χ4n) is 2.09. The first-order valence-corrected chi connectivity index (χ1v) is 7.28. The van der Waals surface area contributed by atoms with Crippen LogP contribution in [0.1, 0.15) is 30.1 Å². The van der Waals surface area contributed by atoms with E-state index < -0.39 is 0 Å². The van der Waals surface area contributed by atoms with Crippen LogP contribution in [-0.2, 0) is 0 Å². The molecule has 0 spiro atoms. The van der Waals surface area contributed by atoms with Gasteiger partial charge in [0.05, 0.1) is 5.56 Å².